The molecule has 0 aromatic heterocycles. The van der Waals surface area contributed by atoms with E-state index in [4.69, 9.17) is 4.74 Å². The smallest absolute Gasteiger partial charge is 0.319 e. The van der Waals surface area contributed by atoms with Crippen LogP contribution in [-0.2, 0) is 4.74 Å². The Balaban J connectivity index is 1.81. The number of hydrogen-bond donors (Lipinski definition) is 2. The highest BCUT2D eigenvalue weighted by Gasteiger charge is 2.23. The molecular weight excluding hydrogens is 282 g/mol. The van der Waals surface area contributed by atoms with Crippen molar-refractivity contribution in [2.75, 3.05) is 38.7 Å². The first-order chi connectivity index (χ1) is 10.6. The summed E-state index contributed by atoms with van der Waals surface area (Å²) in [5.41, 5.74) is 1.21. The predicted octanol–water partition coefficient (Wildman–Crippen LogP) is 1.73. The van der Waals surface area contributed by atoms with Crippen LogP contribution in [0.3, 0.4) is 0 Å². The first kappa shape index (κ1) is 16.5. The van der Waals surface area contributed by atoms with Crippen LogP contribution in [0.2, 0.25) is 0 Å². The average Bonchev–Trinajstić information content (AvgIpc) is 2.92. The summed E-state index contributed by atoms with van der Waals surface area (Å²) in [6.07, 6.45) is 0.935. The maximum absolute atomic E-state index is 12.0. The molecule has 0 radical (unpaired) electrons. The standard InChI is InChI=1S/C16H23N3O3/c1-12(20)13-4-3-5-14(10-13)17-16(21)18-15-6-7-19(11-15)8-9-22-2/h3-5,10,15H,6-9,11H2,1-2H3,(H2,17,18,21). The first-order valence-electron chi connectivity index (χ1n) is 7.48. The maximum atomic E-state index is 12.0. The number of likely N-dealkylation sites (tertiary alicyclic amines) is 1. The number of carbonyl (C=O) groups excluding carboxylic acids is 2. The van der Waals surface area contributed by atoms with Crippen LogP contribution in [0.1, 0.15) is 23.7 Å². The minimum absolute atomic E-state index is 0.0198. The molecule has 0 aliphatic carbocycles. The number of anilines is 1. The Morgan fingerprint density at radius 1 is 1.41 bits per heavy atom. The minimum atomic E-state index is -0.237. The summed E-state index contributed by atoms with van der Waals surface area (Å²) < 4.78 is 5.06. The lowest BCUT2D eigenvalue weighted by Gasteiger charge is -2.16. The Bertz CT molecular complexity index is 533. The van der Waals surface area contributed by atoms with Crippen LogP contribution < -0.4 is 10.6 Å². The number of urea groups is 1. The van der Waals surface area contributed by atoms with Crippen molar-refractivity contribution in [1.82, 2.24) is 10.2 Å². The highest BCUT2D eigenvalue weighted by atomic mass is 16.5. The maximum Gasteiger partial charge on any atom is 0.319 e. The molecule has 1 atom stereocenters. The molecule has 1 aromatic carbocycles. The van der Waals surface area contributed by atoms with Gasteiger partial charge in [0.15, 0.2) is 5.78 Å². The number of methoxy groups -OCH3 is 1. The van der Waals surface area contributed by atoms with E-state index >= 15 is 0 Å². The number of ketones is 1. The van der Waals surface area contributed by atoms with Crippen molar-refractivity contribution >= 4 is 17.5 Å². The summed E-state index contributed by atoms with van der Waals surface area (Å²) in [6, 6.07) is 6.85. The number of ether oxygens (including phenoxy) is 1. The molecule has 1 heterocycles. The molecule has 22 heavy (non-hydrogen) atoms. The Morgan fingerprint density at radius 2 is 2.23 bits per heavy atom. The lowest BCUT2D eigenvalue weighted by Crippen LogP contribution is -2.40. The second-order valence-corrected chi connectivity index (χ2v) is 5.51. The summed E-state index contributed by atoms with van der Waals surface area (Å²) in [5, 5.41) is 5.74. The Hall–Kier alpha value is -1.92. The van der Waals surface area contributed by atoms with Crippen LogP contribution in [0.5, 0.6) is 0 Å². The van der Waals surface area contributed by atoms with Crippen LogP contribution in [0.4, 0.5) is 10.5 Å². The van der Waals surface area contributed by atoms with Gasteiger partial charge < -0.3 is 15.4 Å². The van der Waals surface area contributed by atoms with Gasteiger partial charge in [0.2, 0.25) is 0 Å². The van der Waals surface area contributed by atoms with E-state index in [1.807, 2.05) is 0 Å². The van der Waals surface area contributed by atoms with Crippen LogP contribution in [0.25, 0.3) is 0 Å². The molecule has 1 saturated heterocycles. The molecule has 6 heteroatoms. The van der Waals surface area contributed by atoms with Crippen molar-refractivity contribution in [2.24, 2.45) is 0 Å². The van der Waals surface area contributed by atoms with Gasteiger partial charge in [0.1, 0.15) is 0 Å². The average molecular weight is 305 g/mol. The van der Waals surface area contributed by atoms with E-state index in [0.717, 1.165) is 26.1 Å². The summed E-state index contributed by atoms with van der Waals surface area (Å²) in [4.78, 5) is 25.6. The van der Waals surface area contributed by atoms with Crippen molar-refractivity contribution in [3.05, 3.63) is 29.8 Å². The van der Waals surface area contributed by atoms with Crippen molar-refractivity contribution in [2.45, 2.75) is 19.4 Å². The monoisotopic (exact) mass is 305 g/mol. The van der Waals surface area contributed by atoms with E-state index in [-0.39, 0.29) is 17.9 Å². The van der Waals surface area contributed by atoms with Gasteiger partial charge in [0, 0.05) is 44.0 Å². The molecule has 1 aliphatic rings. The van der Waals surface area contributed by atoms with Crippen molar-refractivity contribution in [3.8, 4) is 0 Å². The third-order valence-corrected chi connectivity index (χ3v) is 3.75. The van der Waals surface area contributed by atoms with E-state index in [9.17, 15) is 9.59 Å². The van der Waals surface area contributed by atoms with Gasteiger partial charge in [-0.3, -0.25) is 9.69 Å². The summed E-state index contributed by atoms with van der Waals surface area (Å²) in [7, 11) is 1.69. The Labute approximate surface area is 130 Å². The number of carbonyl (C=O) groups is 2. The zero-order chi connectivity index (χ0) is 15.9. The van der Waals surface area contributed by atoms with Crippen molar-refractivity contribution in [3.63, 3.8) is 0 Å². The van der Waals surface area contributed by atoms with E-state index in [0.29, 0.717) is 17.9 Å². The first-order valence-corrected chi connectivity index (χ1v) is 7.48. The molecule has 6 nitrogen and oxygen atoms in total. The van der Waals surface area contributed by atoms with Gasteiger partial charge in [-0.1, -0.05) is 12.1 Å². The summed E-state index contributed by atoms with van der Waals surface area (Å²) in [5.74, 6) is -0.0198. The second kappa shape index (κ2) is 7.91. The predicted molar refractivity (Wildman–Crippen MR) is 85.3 cm³/mol. The molecule has 0 spiro atoms. The topological polar surface area (TPSA) is 70.7 Å². The van der Waals surface area contributed by atoms with Gasteiger partial charge in [-0.15, -0.1) is 0 Å². The summed E-state index contributed by atoms with van der Waals surface area (Å²) in [6.45, 7) is 4.90. The fourth-order valence-corrected chi connectivity index (χ4v) is 2.54. The highest BCUT2D eigenvalue weighted by Crippen LogP contribution is 2.12. The molecule has 1 unspecified atom stereocenters. The zero-order valence-corrected chi connectivity index (χ0v) is 13.1. The SMILES string of the molecule is COCCN1CCC(NC(=O)Nc2cccc(C(C)=O)c2)C1. The molecule has 2 N–H and O–H groups in total. The van der Waals surface area contributed by atoms with Gasteiger partial charge in [-0.05, 0) is 25.5 Å². The lowest BCUT2D eigenvalue weighted by molar-refractivity contribution is 0.101. The number of nitrogens with zero attached hydrogens (tertiary/aromatic N) is 1. The minimum Gasteiger partial charge on any atom is -0.383 e. The zero-order valence-electron chi connectivity index (χ0n) is 13.1. The molecule has 1 fully saturated rings. The van der Waals surface area contributed by atoms with E-state index in [1.165, 1.54) is 6.92 Å². The van der Waals surface area contributed by atoms with Crippen LogP contribution >= 0.6 is 0 Å². The highest BCUT2D eigenvalue weighted by molar-refractivity contribution is 5.96. The van der Waals surface area contributed by atoms with Gasteiger partial charge in [0.05, 0.1) is 6.61 Å². The van der Waals surface area contributed by atoms with Gasteiger partial charge >= 0.3 is 6.03 Å². The number of amides is 2. The number of hydrogen-bond acceptors (Lipinski definition) is 4. The largest absolute Gasteiger partial charge is 0.383 e. The fraction of sp³-hybridized carbons (Fsp3) is 0.500. The van der Waals surface area contributed by atoms with Crippen LogP contribution in [-0.4, -0.2) is 56.1 Å². The van der Waals surface area contributed by atoms with Crippen LogP contribution in [0.15, 0.2) is 24.3 Å². The van der Waals surface area contributed by atoms with Gasteiger partial charge in [-0.2, -0.15) is 0 Å². The van der Waals surface area contributed by atoms with Gasteiger partial charge in [0.25, 0.3) is 0 Å². The Kier molecular flexibility index (Phi) is 5.91. The molecule has 120 valence electrons. The van der Waals surface area contributed by atoms with Crippen molar-refractivity contribution in [1.29, 1.82) is 0 Å². The van der Waals surface area contributed by atoms with Crippen molar-refractivity contribution < 1.29 is 14.3 Å². The quantitative estimate of drug-likeness (QED) is 0.785. The molecule has 1 aliphatic heterocycles. The molecule has 0 saturated carbocycles. The van der Waals surface area contributed by atoms with Gasteiger partial charge in [-0.25, -0.2) is 4.79 Å². The van der Waals surface area contributed by atoms with E-state index in [2.05, 4.69) is 15.5 Å². The molecular formula is C16H23N3O3. The number of rotatable bonds is 6. The second-order valence-electron chi connectivity index (χ2n) is 5.51. The molecule has 2 amide bonds. The van der Waals surface area contributed by atoms with E-state index < -0.39 is 0 Å². The number of benzene rings is 1. The Morgan fingerprint density at radius 3 is 2.95 bits per heavy atom. The van der Waals surface area contributed by atoms with Crippen LogP contribution in [0, 0.1) is 0 Å². The third kappa shape index (κ3) is 4.82. The normalized spacial score (nSPS) is 18.2. The fourth-order valence-electron chi connectivity index (χ4n) is 2.54. The molecule has 1 aromatic rings. The summed E-state index contributed by atoms with van der Waals surface area (Å²) >= 11 is 0. The van der Waals surface area contributed by atoms with E-state index in [1.54, 1.807) is 31.4 Å². The third-order valence-electron chi connectivity index (χ3n) is 3.75. The number of nitrogens with one attached hydrogen (secondary N) is 2. The molecule has 0 bridgehead atoms. The lowest BCUT2D eigenvalue weighted by atomic mass is 10.1. The number of Topliss-reactive ketones (excluding diaryl/α,β-unsaturated/α-hetero) is 1. The molecule has 2 rings (SSSR count).